The third-order valence-corrected chi connectivity index (χ3v) is 4.08. The molecule has 0 radical (unpaired) electrons. The van der Waals surface area contributed by atoms with Crippen molar-refractivity contribution in [1.29, 1.82) is 0 Å². The average Bonchev–Trinajstić information content (AvgIpc) is 2.38. The van der Waals surface area contributed by atoms with E-state index in [4.69, 9.17) is 0 Å². The highest BCUT2D eigenvalue weighted by Gasteiger charge is 2.24. The number of amides is 1. The molecule has 1 amide bonds. The van der Waals surface area contributed by atoms with E-state index in [1.165, 1.54) is 0 Å². The Morgan fingerprint density at radius 3 is 3.18 bits per heavy atom. The Morgan fingerprint density at radius 1 is 1.65 bits per heavy atom. The van der Waals surface area contributed by atoms with Gasteiger partial charge in [-0.05, 0) is 19.1 Å². The predicted molar refractivity (Wildman–Crippen MR) is 71.6 cm³/mol. The lowest BCUT2D eigenvalue weighted by molar-refractivity contribution is 0.0716. The zero-order valence-electron chi connectivity index (χ0n) is 10.1. The van der Waals surface area contributed by atoms with Gasteiger partial charge in [-0.15, -0.1) is 0 Å². The van der Waals surface area contributed by atoms with Crippen LogP contribution in [0.2, 0.25) is 0 Å². The molecule has 2 heterocycles. The summed E-state index contributed by atoms with van der Waals surface area (Å²) in [5, 5.41) is 2.95. The molecule has 1 saturated heterocycles. The number of hydrogen-bond acceptors (Lipinski definition) is 4. The Morgan fingerprint density at radius 2 is 2.47 bits per heavy atom. The molecule has 1 aromatic rings. The highest BCUT2D eigenvalue weighted by atomic mass is 32.2. The van der Waals surface area contributed by atoms with Crippen molar-refractivity contribution in [2.75, 3.05) is 30.4 Å². The molecule has 1 N–H and O–H groups in total. The number of carbonyl (C=O) groups is 1. The van der Waals surface area contributed by atoms with E-state index in [1.807, 2.05) is 16.7 Å². The quantitative estimate of drug-likeness (QED) is 0.869. The minimum atomic E-state index is 0.108. The summed E-state index contributed by atoms with van der Waals surface area (Å²) >= 11 is 1.91. The van der Waals surface area contributed by atoms with E-state index in [0.29, 0.717) is 11.6 Å². The maximum atomic E-state index is 12.3. The molecule has 1 aliphatic rings. The molecule has 5 heteroatoms. The minimum Gasteiger partial charge on any atom is -0.373 e. The Hall–Kier alpha value is -1.23. The molecule has 4 nitrogen and oxygen atoms in total. The standard InChI is InChI=1S/C12H17N3OS/c1-9-8-17-6-5-15(9)12(16)10-3-4-14-11(7-10)13-2/h3-4,7,9H,5-6,8H2,1-2H3,(H,13,14). The van der Waals surface area contributed by atoms with Gasteiger partial charge >= 0.3 is 0 Å². The third-order valence-electron chi connectivity index (χ3n) is 2.89. The van der Waals surface area contributed by atoms with Gasteiger partial charge in [-0.25, -0.2) is 4.98 Å². The number of nitrogens with one attached hydrogen (secondary N) is 1. The molecule has 1 fully saturated rings. The summed E-state index contributed by atoms with van der Waals surface area (Å²) in [5.74, 6) is 2.89. The van der Waals surface area contributed by atoms with Gasteiger partial charge in [0.2, 0.25) is 0 Å². The maximum Gasteiger partial charge on any atom is 0.254 e. The number of rotatable bonds is 2. The van der Waals surface area contributed by atoms with E-state index in [2.05, 4.69) is 17.2 Å². The van der Waals surface area contributed by atoms with Gasteiger partial charge in [0.05, 0.1) is 0 Å². The first kappa shape index (κ1) is 12.2. The van der Waals surface area contributed by atoms with E-state index in [1.54, 1.807) is 25.4 Å². The Kier molecular flexibility index (Phi) is 3.89. The van der Waals surface area contributed by atoms with Crippen LogP contribution in [0.5, 0.6) is 0 Å². The number of anilines is 1. The topological polar surface area (TPSA) is 45.2 Å². The molecule has 1 aromatic heterocycles. The second kappa shape index (κ2) is 5.40. The first-order valence-electron chi connectivity index (χ1n) is 5.75. The minimum absolute atomic E-state index is 0.108. The zero-order chi connectivity index (χ0) is 12.3. The number of aromatic nitrogens is 1. The van der Waals surface area contributed by atoms with Gasteiger partial charge in [-0.3, -0.25) is 4.79 Å². The Labute approximate surface area is 106 Å². The average molecular weight is 251 g/mol. The van der Waals surface area contributed by atoms with Gasteiger partial charge in [0.1, 0.15) is 5.82 Å². The van der Waals surface area contributed by atoms with Gasteiger partial charge in [0, 0.05) is 42.9 Å². The Bertz CT molecular complexity index is 410. The molecule has 1 unspecified atom stereocenters. The molecule has 17 heavy (non-hydrogen) atoms. The first-order valence-corrected chi connectivity index (χ1v) is 6.90. The fraction of sp³-hybridized carbons (Fsp3) is 0.500. The summed E-state index contributed by atoms with van der Waals surface area (Å²) in [6.07, 6.45) is 1.67. The van der Waals surface area contributed by atoms with Crippen LogP contribution >= 0.6 is 11.8 Å². The predicted octanol–water partition coefficient (Wildman–Crippen LogP) is 1.70. The van der Waals surface area contributed by atoms with Crippen molar-refractivity contribution in [3.8, 4) is 0 Å². The van der Waals surface area contributed by atoms with Crippen LogP contribution in [0, 0.1) is 0 Å². The highest BCUT2D eigenvalue weighted by Crippen LogP contribution is 2.19. The van der Waals surface area contributed by atoms with Crippen LogP contribution in [0.1, 0.15) is 17.3 Å². The number of thioether (sulfide) groups is 1. The van der Waals surface area contributed by atoms with E-state index in [0.717, 1.165) is 23.9 Å². The Balaban J connectivity index is 2.17. The summed E-state index contributed by atoms with van der Waals surface area (Å²) in [5.41, 5.74) is 0.711. The van der Waals surface area contributed by atoms with Gasteiger partial charge < -0.3 is 10.2 Å². The number of nitrogens with zero attached hydrogens (tertiary/aromatic N) is 2. The largest absolute Gasteiger partial charge is 0.373 e. The highest BCUT2D eigenvalue weighted by molar-refractivity contribution is 7.99. The van der Waals surface area contributed by atoms with Gasteiger partial charge in [0.25, 0.3) is 5.91 Å². The van der Waals surface area contributed by atoms with Crippen LogP contribution < -0.4 is 5.32 Å². The van der Waals surface area contributed by atoms with Crippen molar-refractivity contribution in [3.63, 3.8) is 0 Å². The van der Waals surface area contributed by atoms with Crippen molar-refractivity contribution < 1.29 is 4.79 Å². The number of hydrogen-bond donors (Lipinski definition) is 1. The molecule has 2 rings (SSSR count). The van der Waals surface area contributed by atoms with Crippen molar-refractivity contribution in [2.24, 2.45) is 0 Å². The number of pyridine rings is 1. The monoisotopic (exact) mass is 251 g/mol. The lowest BCUT2D eigenvalue weighted by Crippen LogP contribution is -2.44. The molecule has 92 valence electrons. The molecule has 1 atom stereocenters. The van der Waals surface area contributed by atoms with Crippen LogP contribution in [0.25, 0.3) is 0 Å². The van der Waals surface area contributed by atoms with Gasteiger partial charge in [-0.2, -0.15) is 11.8 Å². The van der Waals surface area contributed by atoms with Gasteiger partial charge in [-0.1, -0.05) is 0 Å². The summed E-state index contributed by atoms with van der Waals surface area (Å²) < 4.78 is 0. The fourth-order valence-corrected chi connectivity index (χ4v) is 2.91. The lowest BCUT2D eigenvalue weighted by Gasteiger charge is -2.33. The smallest absolute Gasteiger partial charge is 0.254 e. The third kappa shape index (κ3) is 2.72. The molecular weight excluding hydrogens is 234 g/mol. The van der Waals surface area contributed by atoms with E-state index >= 15 is 0 Å². The van der Waals surface area contributed by atoms with Crippen molar-refractivity contribution in [3.05, 3.63) is 23.9 Å². The fourth-order valence-electron chi connectivity index (χ4n) is 1.89. The summed E-state index contributed by atoms with van der Waals surface area (Å²) in [7, 11) is 1.80. The molecule has 0 saturated carbocycles. The molecule has 0 aromatic carbocycles. The molecule has 0 bridgehead atoms. The lowest BCUT2D eigenvalue weighted by atomic mass is 10.2. The molecule has 1 aliphatic heterocycles. The van der Waals surface area contributed by atoms with Gasteiger partial charge in [0.15, 0.2) is 0 Å². The van der Waals surface area contributed by atoms with E-state index in [-0.39, 0.29) is 5.91 Å². The molecule has 0 aliphatic carbocycles. The normalized spacial score (nSPS) is 20.1. The zero-order valence-corrected chi connectivity index (χ0v) is 11.0. The van der Waals surface area contributed by atoms with Crippen LogP contribution in [-0.2, 0) is 0 Å². The number of carbonyl (C=O) groups excluding carboxylic acids is 1. The summed E-state index contributed by atoms with van der Waals surface area (Å²) in [4.78, 5) is 18.4. The second-order valence-electron chi connectivity index (χ2n) is 4.10. The van der Waals surface area contributed by atoms with Crippen molar-refractivity contribution >= 4 is 23.5 Å². The SMILES string of the molecule is CNc1cc(C(=O)N2CCSCC2C)ccn1. The van der Waals surface area contributed by atoms with Crippen LogP contribution in [-0.4, -0.2) is 46.9 Å². The first-order chi connectivity index (χ1) is 8.22. The maximum absolute atomic E-state index is 12.3. The van der Waals surface area contributed by atoms with Crippen molar-refractivity contribution in [1.82, 2.24) is 9.88 Å². The van der Waals surface area contributed by atoms with E-state index < -0.39 is 0 Å². The van der Waals surface area contributed by atoms with E-state index in [9.17, 15) is 4.79 Å². The molecular formula is C12H17N3OS. The van der Waals surface area contributed by atoms with Crippen LogP contribution in [0.4, 0.5) is 5.82 Å². The summed E-state index contributed by atoms with van der Waals surface area (Å²) in [6.45, 7) is 2.94. The van der Waals surface area contributed by atoms with Crippen LogP contribution in [0.3, 0.4) is 0 Å². The molecule has 0 spiro atoms. The van der Waals surface area contributed by atoms with Crippen molar-refractivity contribution in [2.45, 2.75) is 13.0 Å². The summed E-state index contributed by atoms with van der Waals surface area (Å²) in [6, 6.07) is 3.89. The second-order valence-corrected chi connectivity index (χ2v) is 5.25. The van der Waals surface area contributed by atoms with Crippen LogP contribution in [0.15, 0.2) is 18.3 Å².